The number of rotatable bonds is 40. The molecule has 0 atom stereocenters. The maximum Gasteiger partial charge on any atom is 0.406 e. The number of carbonyl (C=O) groups is 7. The predicted octanol–water partition coefficient (Wildman–Crippen LogP) is 14.7. The highest BCUT2D eigenvalue weighted by Crippen LogP contribution is 2.25. The Morgan fingerprint density at radius 1 is 0.519 bits per heavy atom. The van der Waals surface area contributed by atoms with Crippen LogP contribution in [0, 0.1) is 65.8 Å². The molecular weight excluding hydrogens is 1700 g/mol. The van der Waals surface area contributed by atoms with Gasteiger partial charge in [0.15, 0.2) is 17.0 Å². The summed E-state index contributed by atoms with van der Waals surface area (Å²) in [6.45, 7) is 69.7. The molecule has 35 nitrogen and oxygen atoms in total. The number of imide groups is 1. The fourth-order valence-electron chi connectivity index (χ4n) is 10.5. The molecule has 0 saturated carbocycles. The summed E-state index contributed by atoms with van der Waals surface area (Å²) in [7, 11) is 12.0. The van der Waals surface area contributed by atoms with E-state index in [9.17, 15) is 52.1 Å². The Morgan fingerprint density at radius 2 is 0.863 bits per heavy atom. The predicted molar refractivity (Wildman–Crippen MR) is 545 cm³/mol. The van der Waals surface area contributed by atoms with Gasteiger partial charge < -0.3 is 77.8 Å². The van der Waals surface area contributed by atoms with Crippen molar-refractivity contribution in [2.24, 2.45) is 87.2 Å². The molecule has 1 heterocycles. The smallest absolute Gasteiger partial charge is 0.406 e. The van der Waals surface area contributed by atoms with Crippen molar-refractivity contribution in [3.63, 3.8) is 0 Å². The van der Waals surface area contributed by atoms with E-state index in [1.54, 1.807) is 26.0 Å². The summed E-state index contributed by atoms with van der Waals surface area (Å²) in [4.78, 5) is 108. The molecule has 7 amide bonds. The van der Waals surface area contributed by atoms with Gasteiger partial charge in [-0.15, -0.1) is 0 Å². The number of hydroxylamine groups is 2. The second-order valence-corrected chi connectivity index (χ2v) is 44.2. The number of nitrogens with zero attached hydrogens (tertiary/aromatic N) is 9. The minimum absolute atomic E-state index is 0.0266. The Hall–Kier alpha value is -7.44. The van der Waals surface area contributed by atoms with Crippen LogP contribution in [-0.2, 0) is 57.8 Å². The molecule has 131 heavy (non-hydrogen) atoms. The average molecular weight is 1900 g/mol. The van der Waals surface area contributed by atoms with E-state index in [1.807, 2.05) is 33.0 Å². The Kier molecular flexibility index (Phi) is 88.6. The number of amides is 7. The number of aliphatic imine (C=N–C) groups is 3. The van der Waals surface area contributed by atoms with Crippen LogP contribution in [0.3, 0.4) is 0 Å². The molecule has 780 valence electrons. The van der Waals surface area contributed by atoms with Crippen molar-refractivity contribution >= 4 is 75.4 Å². The lowest BCUT2D eigenvalue weighted by Gasteiger charge is -2.26. The number of methoxy groups -OCH3 is 2. The molecule has 13 N–H and O–H groups in total. The van der Waals surface area contributed by atoms with Crippen LogP contribution in [0.25, 0.3) is 0 Å². The fourth-order valence-corrected chi connectivity index (χ4v) is 11.1. The molecule has 0 spiro atoms. The number of aliphatic hydroxyl groups excluding tert-OH is 1. The van der Waals surface area contributed by atoms with Crippen LogP contribution >= 0.6 is 0 Å². The maximum absolute atomic E-state index is 11.3. The Labute approximate surface area is 799 Å². The largest absolute Gasteiger partial charge is 0.453 e. The van der Waals surface area contributed by atoms with Gasteiger partial charge in [0.2, 0.25) is 39.6 Å². The molecule has 0 aromatic heterocycles. The van der Waals surface area contributed by atoms with Gasteiger partial charge in [0.05, 0.1) is 20.5 Å². The van der Waals surface area contributed by atoms with Gasteiger partial charge in [0.25, 0.3) is 17.8 Å². The van der Waals surface area contributed by atoms with E-state index >= 15 is 0 Å². The monoisotopic (exact) mass is 1900 g/mol. The molecule has 0 unspecified atom stereocenters. The van der Waals surface area contributed by atoms with Crippen molar-refractivity contribution in [2.45, 2.75) is 336 Å². The van der Waals surface area contributed by atoms with Crippen LogP contribution in [0.4, 0.5) is 4.79 Å². The third-order valence-corrected chi connectivity index (χ3v) is 18.2. The molecule has 1 aliphatic rings. The van der Waals surface area contributed by atoms with E-state index in [1.165, 1.54) is 51.1 Å². The van der Waals surface area contributed by atoms with Gasteiger partial charge in [-0.1, -0.05) is 194 Å². The zero-order chi connectivity index (χ0) is 104. The summed E-state index contributed by atoms with van der Waals surface area (Å²) in [5, 5.41) is 42.7. The van der Waals surface area contributed by atoms with E-state index in [4.69, 9.17) is 26.1 Å². The zero-order valence-electron chi connectivity index (χ0n) is 90.6. The van der Waals surface area contributed by atoms with E-state index < -0.39 is 21.7 Å². The zero-order valence-corrected chi connectivity index (χ0v) is 91.5. The number of carbonyl (C=O) groups excluding carboxylic acids is 7. The number of morpholine rings is 1. The number of aliphatic hydroxyl groups is 1. The number of alkyl carbamates (subject to hydrolysis) is 1. The molecule has 1 rings (SSSR count). The number of hydrogen-bond donors (Lipinski definition) is 11. The van der Waals surface area contributed by atoms with Crippen molar-refractivity contribution in [1.29, 1.82) is 0 Å². The highest BCUT2D eigenvalue weighted by atomic mass is 32.2. The Bertz CT molecular complexity index is 3090. The van der Waals surface area contributed by atoms with Crippen molar-refractivity contribution in [1.82, 2.24) is 61.7 Å². The molecule has 0 aliphatic carbocycles. The normalized spacial score (nSPS) is 12.4. The van der Waals surface area contributed by atoms with Gasteiger partial charge in [-0.2, -0.15) is 0 Å². The van der Waals surface area contributed by atoms with Crippen molar-refractivity contribution < 1.29 is 71.2 Å². The van der Waals surface area contributed by atoms with Crippen LogP contribution in [0.5, 0.6) is 0 Å². The lowest BCUT2D eigenvalue weighted by atomic mass is 9.90. The highest BCUT2D eigenvalue weighted by Gasteiger charge is 2.27. The number of hydrazone groups is 1. The van der Waals surface area contributed by atoms with E-state index in [0.717, 1.165) is 161 Å². The quantitative estimate of drug-likeness (QED) is 0.00678. The first-order chi connectivity index (χ1) is 59.9. The van der Waals surface area contributed by atoms with Crippen LogP contribution in [0.1, 0.15) is 336 Å². The number of guanidine groups is 4. The number of ether oxygens (including phenoxy) is 3. The van der Waals surface area contributed by atoms with Gasteiger partial charge in [0.1, 0.15) is 31.5 Å². The molecule has 0 aromatic rings. The topological polar surface area (TPSA) is 465 Å². The van der Waals surface area contributed by atoms with Gasteiger partial charge in [-0.25, -0.2) is 28.4 Å². The summed E-state index contributed by atoms with van der Waals surface area (Å²) < 4.78 is 38.1. The molecular formula is C95H203N19O16S. The molecule has 0 radical (unpaired) electrons. The highest BCUT2D eigenvalue weighted by molar-refractivity contribution is 7.89. The van der Waals surface area contributed by atoms with E-state index in [2.05, 4.69) is 258 Å². The number of nitrogens with one attached hydrogen (secondary N) is 8. The minimum atomic E-state index is -3.23. The number of nitro groups is 1. The summed E-state index contributed by atoms with van der Waals surface area (Å²) >= 11 is 0. The molecule has 1 saturated heterocycles. The lowest BCUT2D eigenvalue weighted by Crippen LogP contribution is -2.46. The molecule has 0 bridgehead atoms. The molecule has 1 fully saturated rings. The van der Waals surface area contributed by atoms with Crippen LogP contribution in [0.15, 0.2) is 20.1 Å². The first-order valence-electron chi connectivity index (χ1n) is 47.1. The van der Waals surface area contributed by atoms with Crippen LogP contribution in [-0.4, -0.2) is 265 Å². The third-order valence-electron chi connectivity index (χ3n) is 17.7. The summed E-state index contributed by atoms with van der Waals surface area (Å²) in [5.74, 6) is 3.18. The second-order valence-electron chi connectivity index (χ2n) is 42.4. The first-order valence-corrected chi connectivity index (χ1v) is 49.0. The SMILES string of the molecule is CC(C)(C)CCCN1C(=O)COCC1=O.CC(C)(C)CCCN=C(N)N.CC(C)CCCNC(=O)CO.CCC(=O)NCCCC(C)(C)C.CN(C)/C(=N\[N+](=O)[O-])NCCCC(C)(C)C.CN=C(NCCCC(C)(C)C)N(C)C.CN=C(NCCCC(C)C)NS(C)(=O)=O.COC(=O)NCCCC(C)(C)C.COCC(=O)NCCCC(C)(C)C.CON(CCCC(C)C)C(C)=O. The molecule has 0 aromatic carbocycles. The number of nitrogens with two attached hydrogens (primary N) is 2. The third kappa shape index (κ3) is 129. The number of hydrogen-bond acceptors (Lipinski definition) is 19. The number of sulfonamides is 1. The van der Waals surface area contributed by atoms with Gasteiger partial charge in [-0.05, 0) is 184 Å². The second kappa shape index (κ2) is 82.1. The van der Waals surface area contributed by atoms with Gasteiger partial charge in [0, 0.05) is 128 Å². The fraction of sp³-hybridized carbons (Fsp3) is 0.884. The van der Waals surface area contributed by atoms with Crippen molar-refractivity contribution in [3.05, 3.63) is 10.1 Å². The lowest BCUT2D eigenvalue weighted by molar-refractivity contribution is -0.485. The van der Waals surface area contributed by atoms with Crippen LogP contribution in [0.2, 0.25) is 0 Å². The minimum Gasteiger partial charge on any atom is -0.453 e. The first kappa shape index (κ1) is 141. The van der Waals surface area contributed by atoms with Crippen molar-refractivity contribution in [2.75, 3.05) is 162 Å². The average Bonchev–Trinajstić information content (AvgIpc) is 0.868. The summed E-state index contributed by atoms with van der Waals surface area (Å²) in [6.07, 6.45) is 22.8. The Balaban J connectivity index is -0.000000181. The Morgan fingerprint density at radius 3 is 1.18 bits per heavy atom. The molecule has 36 heteroatoms. The van der Waals surface area contributed by atoms with Crippen molar-refractivity contribution in [3.8, 4) is 0 Å². The molecule has 1 aliphatic heterocycles. The van der Waals surface area contributed by atoms with Crippen LogP contribution < -0.4 is 53.4 Å². The maximum atomic E-state index is 11.3. The van der Waals surface area contributed by atoms with Gasteiger partial charge >= 0.3 is 6.09 Å². The van der Waals surface area contributed by atoms with E-state index in [-0.39, 0.29) is 72.7 Å². The van der Waals surface area contributed by atoms with E-state index in [0.29, 0.717) is 101 Å². The summed E-state index contributed by atoms with van der Waals surface area (Å²) in [6, 6.07) is 0. The summed E-state index contributed by atoms with van der Waals surface area (Å²) in [5.41, 5.74) is 12.8. The standard InChI is InChI=1S/C11H25N3.C11H19NO3.C10H22N4O2.C10H21NO2.C10H21NO.C9H21N3O2S.2C9H19NO2.C8H19N3.C8H17NO2/c1-11(2,3)8-7-9-13-10(12-4)14(5)6;1-11(2,3)5-4-6-12-9(13)7-15-8-10(12)14;1-10(2,3)7-6-8-11-9(13(4)5)12-14(15)16;1-10(2,3)6-5-7-11-9(12)8-13-4;1-5-9(12)11-8-6-7-10(2,3)4;1-8(2)6-5-7-11-9(10-3)12-15(4,13)14;1-9(2,3)6-5-7-10-8(11)12-4;1-8(2)6-5-7-10(12-4)9(3)11;1-8(2,3)5-4-6-11-7(9)10;1-7(2)4-3-5-9-8(11)6-10/h7-9H2,1-6H3,(H,12,13);4-8H2,1-3H3;6-8H2,1-5H3,(H,11,12);5-8H2,1-4H3,(H,11,12);5-8H2,1-4H3,(H,11,12);8H,5-7H2,1-4H3,(H2,10,11,12);5-7H2,1-4H3,(H,10,11);8H,5-7H2,1-4H3;4-6H2,1-3H3,(H4,9,10,11);7,10H,3-6H2,1-2H3,(H,9,11). The van der Waals surface area contributed by atoms with Gasteiger partial charge in [-0.3, -0.25) is 58.2 Å².